The fourth-order valence-corrected chi connectivity index (χ4v) is 9.20. The van der Waals surface area contributed by atoms with Crippen LogP contribution in [0.4, 0.5) is 0 Å². The second-order valence-electron chi connectivity index (χ2n) is 18.4. The molecule has 2 aliphatic heterocycles. The van der Waals surface area contributed by atoms with E-state index in [0.717, 1.165) is 12.0 Å². The van der Waals surface area contributed by atoms with Gasteiger partial charge in [0.25, 0.3) is 5.91 Å². The lowest BCUT2D eigenvalue weighted by atomic mass is 9.78. The second-order valence-corrected chi connectivity index (χ2v) is 18.4. The fraction of sp³-hybridized carbons (Fsp3) is 0.720. The van der Waals surface area contributed by atoms with Crippen molar-refractivity contribution in [3.05, 3.63) is 47.6 Å². The maximum absolute atomic E-state index is 14.2. The number of piperidine rings is 1. The van der Waals surface area contributed by atoms with E-state index in [1.54, 1.807) is 34.1 Å². The van der Waals surface area contributed by atoms with E-state index >= 15 is 0 Å². The Bertz CT molecular complexity index is 1700. The summed E-state index contributed by atoms with van der Waals surface area (Å²) in [5.74, 6) is -5.12. The first-order valence-electron chi connectivity index (χ1n) is 23.4. The van der Waals surface area contributed by atoms with Crippen molar-refractivity contribution < 1.29 is 67.4 Å². The molecule has 2 heterocycles. The van der Waals surface area contributed by atoms with Crippen LogP contribution in [0.1, 0.15) is 112 Å². The van der Waals surface area contributed by atoms with Gasteiger partial charge >= 0.3 is 11.9 Å². The largest absolute Gasteiger partial charge is 0.481 e. The minimum atomic E-state index is -1.31. The molecule has 3 rings (SSSR count). The van der Waals surface area contributed by atoms with Crippen molar-refractivity contribution in [1.82, 2.24) is 4.90 Å². The van der Waals surface area contributed by atoms with Gasteiger partial charge in [0.15, 0.2) is 5.78 Å². The zero-order valence-corrected chi connectivity index (χ0v) is 40.2. The normalized spacial score (nSPS) is 34.9. The van der Waals surface area contributed by atoms with Crippen LogP contribution in [0.25, 0.3) is 0 Å². The Morgan fingerprint density at radius 3 is 2.31 bits per heavy atom. The average molecular weight is 916 g/mol. The third-order valence-electron chi connectivity index (χ3n) is 13.2. The Labute approximate surface area is 386 Å². The first-order valence-corrected chi connectivity index (χ1v) is 23.4. The summed E-state index contributed by atoms with van der Waals surface area (Å²) in [6, 6.07) is -1.03. The van der Waals surface area contributed by atoms with Crippen molar-refractivity contribution in [2.75, 3.05) is 47.7 Å². The number of allylic oxidation sites excluding steroid dienone is 6. The molecule has 65 heavy (non-hydrogen) atoms. The topological polar surface area (TPSA) is 201 Å². The van der Waals surface area contributed by atoms with E-state index in [1.807, 2.05) is 58.1 Å². The number of carboxylic acid groups (broad SMARTS) is 1. The Balaban J connectivity index is 1.93. The minimum Gasteiger partial charge on any atom is -0.481 e. The second kappa shape index (κ2) is 28.3. The average Bonchev–Trinajstić information content (AvgIpc) is 3.28. The lowest BCUT2D eigenvalue weighted by molar-refractivity contribution is -0.166. The van der Waals surface area contributed by atoms with Gasteiger partial charge in [0.1, 0.15) is 36.7 Å². The first kappa shape index (κ1) is 55.5. The van der Waals surface area contributed by atoms with Gasteiger partial charge in [-0.25, -0.2) is 4.79 Å². The molecule has 12 atom stereocenters. The number of carboxylic acids is 1. The van der Waals surface area contributed by atoms with E-state index in [4.69, 9.17) is 33.5 Å². The number of carbonyl (C=O) groups excluding carboxylic acids is 5. The predicted octanol–water partition coefficient (Wildman–Crippen LogP) is 6.19. The summed E-state index contributed by atoms with van der Waals surface area (Å²) < 4.78 is 34.8. The molecule has 3 aliphatic rings. The Morgan fingerprint density at radius 1 is 0.892 bits per heavy atom. The monoisotopic (exact) mass is 916 g/mol. The van der Waals surface area contributed by atoms with E-state index in [1.165, 1.54) is 12.0 Å². The number of esters is 1. The molecular formula is C50H77NO14. The molecule has 0 aromatic heterocycles. The van der Waals surface area contributed by atoms with Crippen LogP contribution in [0.2, 0.25) is 0 Å². The number of amides is 1. The van der Waals surface area contributed by atoms with Crippen molar-refractivity contribution in [2.45, 2.75) is 155 Å². The lowest BCUT2D eigenvalue weighted by Gasteiger charge is -2.38. The van der Waals surface area contributed by atoms with Crippen molar-refractivity contribution in [3.8, 4) is 0 Å². The summed E-state index contributed by atoms with van der Waals surface area (Å²) in [7, 11) is 4.55. The number of methoxy groups -OCH3 is 3. The van der Waals surface area contributed by atoms with E-state index in [-0.39, 0.29) is 86.7 Å². The summed E-state index contributed by atoms with van der Waals surface area (Å²) in [6.45, 7) is 11.0. The summed E-state index contributed by atoms with van der Waals surface area (Å²) in [4.78, 5) is 81.1. The number of cyclic esters (lactones) is 1. The number of rotatable bonds is 10. The standard InChI is InChI=1S/C50H77NO14/c1-31-15-11-10-12-16-32(2)41(60-7)20-23-63-30-40(53)49(58)51-22-14-13-17-38(51)50(59)65-43(34(4)27-37-18-19-42(44(28-37)61-8)64-24-21-45(54)55)29-39(52)33(3)26-36(6)47(57)48(62-9)46(56)35(5)25-31/h10-12,15-16,26,31,33-35,37-38,41-44,47-48,57H,13-14,17-25,27-30H2,1-9H3,(H,54,55)/b12-10+,15-11+,32-16+,36-26+/t31-,33-,34-,35+,37+,38+,41+,42-,43+,44-,47-,48+/m1/s1. The minimum absolute atomic E-state index is 0.0354. The molecular weight excluding hydrogens is 839 g/mol. The number of hydrogen-bond acceptors (Lipinski definition) is 13. The molecule has 2 fully saturated rings. The summed E-state index contributed by atoms with van der Waals surface area (Å²) in [5, 5.41) is 20.5. The molecule has 0 radical (unpaired) electrons. The van der Waals surface area contributed by atoms with Crippen molar-refractivity contribution >= 4 is 35.2 Å². The predicted molar refractivity (Wildman–Crippen MR) is 244 cm³/mol. The molecule has 1 saturated carbocycles. The zero-order chi connectivity index (χ0) is 48.2. The molecule has 0 spiro atoms. The molecule has 1 aliphatic carbocycles. The number of fused-ring (bicyclic) bond motifs is 1. The van der Waals surface area contributed by atoms with Crippen LogP contribution in [0.5, 0.6) is 0 Å². The number of carbonyl (C=O) groups is 6. The van der Waals surface area contributed by atoms with Gasteiger partial charge in [-0.3, -0.25) is 24.0 Å². The first-order chi connectivity index (χ1) is 30.9. The summed E-state index contributed by atoms with van der Waals surface area (Å²) in [6.07, 6.45) is 11.8. The van der Waals surface area contributed by atoms with Crippen molar-refractivity contribution in [2.24, 2.45) is 29.6 Å². The smallest absolute Gasteiger partial charge is 0.329 e. The van der Waals surface area contributed by atoms with E-state index in [9.17, 15) is 33.9 Å². The highest BCUT2D eigenvalue weighted by Crippen LogP contribution is 2.35. The number of Topliss-reactive ketones (excluding diaryl/α,β-unsaturated/α-hetero) is 3. The van der Waals surface area contributed by atoms with Crippen molar-refractivity contribution in [1.29, 1.82) is 0 Å². The maximum Gasteiger partial charge on any atom is 0.329 e. The SMILES string of the molecule is CO[C@H]1CCOCC(=O)C(=O)N2CCCC[C@H]2C(=O)O[C@H]([C@H](C)C[C@@H]2CC[C@@H](OCCC(=O)O)[C@H](OC)C2)CC(=O)[C@H](C)/C=C(\C)[C@@H](O)[C@@H](OC)C(=O)[C@@H](C)C[C@H](C)/C=C/C=C/C=C/1C. The molecule has 0 bridgehead atoms. The zero-order valence-electron chi connectivity index (χ0n) is 40.2. The van der Waals surface area contributed by atoms with Crippen LogP contribution in [0.15, 0.2) is 47.6 Å². The Morgan fingerprint density at radius 2 is 1.63 bits per heavy atom. The Hall–Kier alpha value is -3.86. The number of nitrogens with zero attached hydrogens (tertiary/aromatic N) is 1. The number of ketones is 3. The highest BCUT2D eigenvalue weighted by Gasteiger charge is 2.40. The highest BCUT2D eigenvalue weighted by molar-refractivity contribution is 6.37. The maximum atomic E-state index is 14.2. The third-order valence-corrected chi connectivity index (χ3v) is 13.2. The van der Waals surface area contributed by atoms with Gasteiger partial charge in [0, 0.05) is 59.2 Å². The fourth-order valence-electron chi connectivity index (χ4n) is 9.20. The molecule has 1 saturated heterocycles. The number of aliphatic hydroxyl groups is 1. The quantitative estimate of drug-likeness (QED) is 0.143. The van der Waals surface area contributed by atoms with E-state index < -0.39 is 66.4 Å². The van der Waals surface area contributed by atoms with Crippen LogP contribution in [-0.2, 0) is 57.2 Å². The number of hydrogen-bond donors (Lipinski definition) is 2. The van der Waals surface area contributed by atoms with Gasteiger partial charge < -0.3 is 43.5 Å². The number of aliphatic hydroxyl groups excluding tert-OH is 1. The van der Waals surface area contributed by atoms with Crippen LogP contribution >= 0.6 is 0 Å². The van der Waals surface area contributed by atoms with Gasteiger partial charge in [-0.2, -0.15) is 0 Å². The van der Waals surface area contributed by atoms with Crippen LogP contribution < -0.4 is 0 Å². The lowest BCUT2D eigenvalue weighted by Crippen LogP contribution is -2.52. The molecule has 2 N–H and O–H groups in total. The van der Waals surface area contributed by atoms with Crippen LogP contribution in [-0.4, -0.2) is 141 Å². The molecule has 0 aromatic rings. The number of aliphatic carboxylic acids is 1. The van der Waals surface area contributed by atoms with Gasteiger partial charge in [-0.15, -0.1) is 0 Å². The molecule has 366 valence electrons. The molecule has 15 nitrogen and oxygen atoms in total. The van der Waals surface area contributed by atoms with Gasteiger partial charge in [0.2, 0.25) is 5.78 Å². The molecule has 1 amide bonds. The summed E-state index contributed by atoms with van der Waals surface area (Å²) in [5.41, 5.74) is 1.32. The van der Waals surface area contributed by atoms with E-state index in [0.29, 0.717) is 50.5 Å². The molecule has 0 unspecified atom stereocenters. The Kier molecular flexibility index (Phi) is 24.2. The third kappa shape index (κ3) is 17.7. The van der Waals surface area contributed by atoms with Gasteiger partial charge in [-0.1, -0.05) is 64.2 Å². The van der Waals surface area contributed by atoms with Crippen molar-refractivity contribution in [3.63, 3.8) is 0 Å². The van der Waals surface area contributed by atoms with Crippen LogP contribution in [0, 0.1) is 29.6 Å². The molecule has 0 aromatic carbocycles. The summed E-state index contributed by atoms with van der Waals surface area (Å²) >= 11 is 0. The highest BCUT2D eigenvalue weighted by atomic mass is 16.5. The molecule has 15 heteroatoms. The van der Waals surface area contributed by atoms with Gasteiger partial charge in [-0.05, 0) is 94.1 Å². The van der Waals surface area contributed by atoms with Crippen LogP contribution in [0.3, 0.4) is 0 Å². The number of ether oxygens (including phenoxy) is 6. The van der Waals surface area contributed by atoms with Gasteiger partial charge in [0.05, 0.1) is 31.3 Å². The van der Waals surface area contributed by atoms with E-state index in [2.05, 4.69) is 0 Å².